The summed E-state index contributed by atoms with van der Waals surface area (Å²) in [6.45, 7) is 0.0769. The molecule has 1 atom stereocenters. The number of pyridine rings is 1. The molecule has 2 N–H and O–H groups in total. The molecule has 0 bridgehead atoms. The van der Waals surface area contributed by atoms with Crippen molar-refractivity contribution in [2.24, 2.45) is 0 Å². The highest BCUT2D eigenvalue weighted by Gasteiger charge is 2.28. The van der Waals surface area contributed by atoms with E-state index in [0.29, 0.717) is 22.6 Å². The van der Waals surface area contributed by atoms with Crippen LogP contribution < -0.4 is 9.62 Å². The lowest BCUT2D eigenvalue weighted by molar-refractivity contribution is -0.139. The van der Waals surface area contributed by atoms with E-state index in [0.717, 1.165) is 5.56 Å². The van der Waals surface area contributed by atoms with Crippen molar-refractivity contribution in [1.29, 1.82) is 0 Å². The van der Waals surface area contributed by atoms with Crippen molar-refractivity contribution >= 4 is 39.3 Å². The fraction of sp³-hybridized carbons (Fsp3) is 0.167. The Morgan fingerprint density at radius 3 is 2.30 bits per heavy atom. The highest BCUT2D eigenvalue weighted by atomic mass is 32.2. The number of thioether (sulfide) groups is 1. The molecule has 0 saturated heterocycles. The molecule has 1 unspecified atom stereocenters. The van der Waals surface area contributed by atoms with Crippen molar-refractivity contribution < 1.29 is 23.1 Å². The molecule has 1 amide bonds. The zero-order chi connectivity index (χ0) is 28.5. The summed E-state index contributed by atoms with van der Waals surface area (Å²) in [5.41, 5.74) is 2.36. The van der Waals surface area contributed by atoms with E-state index in [1.807, 2.05) is 42.7 Å². The van der Waals surface area contributed by atoms with E-state index in [1.54, 1.807) is 42.6 Å². The maximum Gasteiger partial charge on any atom is 0.326 e. The number of nitrogens with zero attached hydrogens (tertiary/aromatic N) is 2. The normalized spacial score (nSPS) is 11.9. The number of hydrogen-bond acceptors (Lipinski definition) is 6. The van der Waals surface area contributed by atoms with Gasteiger partial charge in [0.2, 0.25) is 0 Å². The minimum absolute atomic E-state index is 0.0140. The average Bonchev–Trinajstić information content (AvgIpc) is 2.98. The molecule has 0 aliphatic rings. The molecule has 40 heavy (non-hydrogen) atoms. The zero-order valence-corrected chi connectivity index (χ0v) is 23.4. The van der Waals surface area contributed by atoms with E-state index in [9.17, 15) is 23.1 Å². The Kier molecular flexibility index (Phi) is 9.57. The molecule has 0 aliphatic heterocycles. The third-order valence-corrected chi connectivity index (χ3v) is 8.64. The molecular weight excluding hydrogens is 546 g/mol. The maximum absolute atomic E-state index is 14.1. The first kappa shape index (κ1) is 28.8. The van der Waals surface area contributed by atoms with Gasteiger partial charge in [-0.2, -0.15) is 11.8 Å². The summed E-state index contributed by atoms with van der Waals surface area (Å²) in [6, 6.07) is 24.7. The predicted octanol–water partition coefficient (Wildman–Crippen LogP) is 5.08. The van der Waals surface area contributed by atoms with E-state index < -0.39 is 27.9 Å². The van der Waals surface area contributed by atoms with Crippen molar-refractivity contribution in [3.05, 3.63) is 115 Å². The molecule has 206 valence electrons. The topological polar surface area (TPSA) is 117 Å². The molecule has 0 fully saturated rings. The van der Waals surface area contributed by atoms with Gasteiger partial charge in [0, 0.05) is 11.8 Å². The van der Waals surface area contributed by atoms with Crippen LogP contribution in [-0.2, 0) is 21.4 Å². The van der Waals surface area contributed by atoms with Crippen molar-refractivity contribution in [3.8, 4) is 11.1 Å². The highest BCUT2D eigenvalue weighted by Crippen LogP contribution is 2.31. The first-order valence-electron chi connectivity index (χ1n) is 12.5. The molecule has 0 saturated carbocycles. The minimum Gasteiger partial charge on any atom is -0.480 e. The van der Waals surface area contributed by atoms with Crippen LogP contribution in [0.5, 0.6) is 0 Å². The molecule has 1 heterocycles. The van der Waals surface area contributed by atoms with E-state index in [2.05, 4.69) is 10.3 Å². The zero-order valence-electron chi connectivity index (χ0n) is 21.8. The van der Waals surface area contributed by atoms with Crippen molar-refractivity contribution in [2.75, 3.05) is 16.3 Å². The van der Waals surface area contributed by atoms with Gasteiger partial charge in [0.15, 0.2) is 0 Å². The fourth-order valence-electron chi connectivity index (χ4n) is 4.16. The number of rotatable bonds is 12. The molecular formula is C30H29N3O5S2. The molecule has 4 rings (SSSR count). The van der Waals surface area contributed by atoms with E-state index in [-0.39, 0.29) is 23.4 Å². The van der Waals surface area contributed by atoms with Crippen molar-refractivity contribution in [2.45, 2.75) is 23.9 Å². The molecule has 0 radical (unpaired) electrons. The number of carboxylic acid groups (broad SMARTS) is 1. The average molecular weight is 576 g/mol. The Morgan fingerprint density at radius 2 is 1.68 bits per heavy atom. The number of carbonyl (C=O) groups is 2. The van der Waals surface area contributed by atoms with Gasteiger partial charge in [-0.05, 0) is 65.5 Å². The summed E-state index contributed by atoms with van der Waals surface area (Å²) in [7, 11) is -4.11. The van der Waals surface area contributed by atoms with Crippen LogP contribution in [0.4, 0.5) is 5.69 Å². The van der Waals surface area contributed by atoms with Gasteiger partial charge in [-0.1, -0.05) is 60.7 Å². The third kappa shape index (κ3) is 6.88. The number of benzene rings is 3. The minimum atomic E-state index is -4.11. The van der Waals surface area contributed by atoms with Gasteiger partial charge in [-0.3, -0.25) is 14.1 Å². The van der Waals surface area contributed by atoms with Crippen LogP contribution in [0, 0.1) is 0 Å². The standard InChI is InChI=1S/C30H29N3O5S2/c1-39-18-16-28(30(35)36)32-29(34)26-15-14-25(19-27(26)23-11-6-3-7-12-23)40(37,38)33(24-13-8-17-31-20-24)21-22-9-4-2-5-10-22/h2-15,17,19-20,28H,16,18,21H2,1H3,(H,32,34)(H,35,36). The Labute approximate surface area is 238 Å². The second-order valence-electron chi connectivity index (χ2n) is 8.93. The summed E-state index contributed by atoms with van der Waals surface area (Å²) in [5.74, 6) is -1.16. The number of aromatic nitrogens is 1. The van der Waals surface area contributed by atoms with Crippen LogP contribution in [-0.4, -0.2) is 48.4 Å². The quantitative estimate of drug-likeness (QED) is 0.242. The van der Waals surface area contributed by atoms with Gasteiger partial charge in [0.1, 0.15) is 6.04 Å². The predicted molar refractivity (Wildman–Crippen MR) is 158 cm³/mol. The van der Waals surface area contributed by atoms with Gasteiger partial charge in [-0.25, -0.2) is 13.2 Å². The van der Waals surface area contributed by atoms with Crippen molar-refractivity contribution in [1.82, 2.24) is 10.3 Å². The second kappa shape index (κ2) is 13.3. The number of sulfonamides is 1. The number of carboxylic acids is 1. The molecule has 0 spiro atoms. The van der Waals surface area contributed by atoms with Gasteiger partial charge >= 0.3 is 5.97 Å². The Balaban J connectivity index is 1.78. The third-order valence-electron chi connectivity index (χ3n) is 6.23. The van der Waals surface area contributed by atoms with E-state index in [4.69, 9.17) is 0 Å². The monoisotopic (exact) mass is 575 g/mol. The fourth-order valence-corrected chi connectivity index (χ4v) is 6.10. The number of anilines is 1. The van der Waals surface area contributed by atoms with Gasteiger partial charge in [-0.15, -0.1) is 0 Å². The van der Waals surface area contributed by atoms with Crippen LogP contribution in [0.15, 0.2) is 108 Å². The molecule has 4 aromatic rings. The molecule has 10 heteroatoms. The largest absolute Gasteiger partial charge is 0.480 e. The molecule has 0 aliphatic carbocycles. The van der Waals surface area contributed by atoms with Crippen LogP contribution in [0.25, 0.3) is 11.1 Å². The van der Waals surface area contributed by atoms with Crippen molar-refractivity contribution in [3.63, 3.8) is 0 Å². The van der Waals surface area contributed by atoms with E-state index in [1.165, 1.54) is 40.5 Å². The molecule has 8 nitrogen and oxygen atoms in total. The number of hydrogen-bond donors (Lipinski definition) is 2. The SMILES string of the molecule is CSCCC(NC(=O)c1ccc(S(=O)(=O)N(Cc2ccccc2)c2cccnc2)cc1-c1ccccc1)C(=O)O. The first-order chi connectivity index (χ1) is 19.3. The highest BCUT2D eigenvalue weighted by molar-refractivity contribution is 7.98. The van der Waals surface area contributed by atoms with Crippen LogP contribution in [0.1, 0.15) is 22.3 Å². The summed E-state index contributed by atoms with van der Waals surface area (Å²) in [4.78, 5) is 29.2. The Hall–Kier alpha value is -4.15. The summed E-state index contributed by atoms with van der Waals surface area (Å²) < 4.78 is 29.5. The van der Waals surface area contributed by atoms with E-state index >= 15 is 0 Å². The van der Waals surface area contributed by atoms with Gasteiger partial charge < -0.3 is 10.4 Å². The smallest absolute Gasteiger partial charge is 0.326 e. The van der Waals surface area contributed by atoms with Gasteiger partial charge in [0.05, 0.1) is 23.3 Å². The molecule has 3 aromatic carbocycles. The lowest BCUT2D eigenvalue weighted by Crippen LogP contribution is -2.41. The lowest BCUT2D eigenvalue weighted by Gasteiger charge is -2.25. The van der Waals surface area contributed by atoms with Crippen LogP contribution in [0.2, 0.25) is 0 Å². The second-order valence-corrected chi connectivity index (χ2v) is 11.8. The molecule has 1 aromatic heterocycles. The first-order valence-corrected chi connectivity index (χ1v) is 15.3. The summed E-state index contributed by atoms with van der Waals surface area (Å²) in [5, 5.41) is 12.2. The summed E-state index contributed by atoms with van der Waals surface area (Å²) >= 11 is 1.49. The number of carbonyl (C=O) groups excluding carboxylic acids is 1. The number of aliphatic carboxylic acids is 1. The summed E-state index contributed by atoms with van der Waals surface area (Å²) in [6.07, 6.45) is 5.18. The number of amides is 1. The van der Waals surface area contributed by atoms with Crippen LogP contribution >= 0.6 is 11.8 Å². The Morgan fingerprint density at radius 1 is 0.975 bits per heavy atom. The lowest BCUT2D eigenvalue weighted by atomic mass is 9.99. The Bertz CT molecular complexity index is 1550. The van der Waals surface area contributed by atoms with Gasteiger partial charge in [0.25, 0.3) is 15.9 Å². The van der Waals surface area contributed by atoms with Crippen LogP contribution in [0.3, 0.4) is 0 Å². The maximum atomic E-state index is 14.1. The number of nitrogens with one attached hydrogen (secondary N) is 1.